The molecule has 2 aromatic rings. The fourth-order valence-corrected chi connectivity index (χ4v) is 2.09. The number of carbonyl (C=O) groups is 1. The van der Waals surface area contributed by atoms with Gasteiger partial charge < -0.3 is 9.47 Å². The first-order chi connectivity index (χ1) is 9.78. The lowest BCUT2D eigenvalue weighted by Gasteiger charge is -2.10. The number of ether oxygens (including phenoxy) is 2. The Morgan fingerprint density at radius 3 is 3.00 bits per heavy atom. The Balaban J connectivity index is 1.97. The summed E-state index contributed by atoms with van der Waals surface area (Å²) in [6.07, 6.45) is 4.18. The minimum Gasteiger partial charge on any atom is -0.491 e. The highest BCUT2D eigenvalue weighted by Crippen LogP contribution is 2.32. The van der Waals surface area contributed by atoms with E-state index in [0.717, 1.165) is 10.9 Å². The highest BCUT2D eigenvalue weighted by molar-refractivity contribution is 5.96. The van der Waals surface area contributed by atoms with Gasteiger partial charge in [0.05, 0.1) is 18.8 Å². The van der Waals surface area contributed by atoms with Gasteiger partial charge in [-0.05, 0) is 43.9 Å². The summed E-state index contributed by atoms with van der Waals surface area (Å²) >= 11 is 0. The zero-order valence-electron chi connectivity index (χ0n) is 11.5. The monoisotopic (exact) mass is 271 g/mol. The smallest absolute Gasteiger partial charge is 0.338 e. The highest BCUT2D eigenvalue weighted by Gasteiger charge is 2.23. The third kappa shape index (κ3) is 2.74. The van der Waals surface area contributed by atoms with E-state index < -0.39 is 0 Å². The molecule has 1 aromatic heterocycles. The molecule has 104 valence electrons. The minimum atomic E-state index is -0.325. The Morgan fingerprint density at radius 1 is 1.40 bits per heavy atom. The molecule has 0 amide bonds. The lowest BCUT2D eigenvalue weighted by Crippen LogP contribution is -2.06. The van der Waals surface area contributed by atoms with Crippen LogP contribution >= 0.6 is 0 Å². The summed E-state index contributed by atoms with van der Waals surface area (Å²) in [7, 11) is 0. The molecule has 3 rings (SSSR count). The number of aromatic nitrogens is 1. The molecule has 4 nitrogen and oxygen atoms in total. The number of nitrogens with zero attached hydrogens (tertiary/aromatic N) is 1. The van der Waals surface area contributed by atoms with E-state index in [0.29, 0.717) is 30.4 Å². The predicted molar refractivity (Wildman–Crippen MR) is 75.9 cm³/mol. The van der Waals surface area contributed by atoms with Crippen molar-refractivity contribution >= 4 is 16.9 Å². The third-order valence-electron chi connectivity index (χ3n) is 3.35. The van der Waals surface area contributed by atoms with Crippen LogP contribution in [0.3, 0.4) is 0 Å². The predicted octanol–water partition coefficient (Wildman–Crippen LogP) is 3.20. The number of pyridine rings is 1. The summed E-state index contributed by atoms with van der Waals surface area (Å²) < 4.78 is 10.9. The van der Waals surface area contributed by atoms with Gasteiger partial charge in [0.2, 0.25) is 0 Å². The van der Waals surface area contributed by atoms with Crippen molar-refractivity contribution in [1.29, 1.82) is 0 Å². The zero-order chi connectivity index (χ0) is 13.9. The van der Waals surface area contributed by atoms with Gasteiger partial charge in [0.1, 0.15) is 11.3 Å². The Labute approximate surface area is 117 Å². The summed E-state index contributed by atoms with van der Waals surface area (Å²) in [6.45, 7) is 2.85. The van der Waals surface area contributed by atoms with E-state index >= 15 is 0 Å². The van der Waals surface area contributed by atoms with Crippen LogP contribution in [0.15, 0.2) is 30.5 Å². The maximum absolute atomic E-state index is 11.9. The average molecular weight is 271 g/mol. The molecule has 1 aliphatic rings. The molecule has 0 atom stereocenters. The minimum absolute atomic E-state index is 0.325. The van der Waals surface area contributed by atoms with E-state index in [1.807, 2.05) is 12.1 Å². The van der Waals surface area contributed by atoms with Crippen molar-refractivity contribution in [3.63, 3.8) is 0 Å². The van der Waals surface area contributed by atoms with Crippen LogP contribution in [0.4, 0.5) is 0 Å². The second kappa shape index (κ2) is 5.49. The zero-order valence-corrected chi connectivity index (χ0v) is 11.5. The number of rotatable bonds is 5. The van der Waals surface area contributed by atoms with Crippen LogP contribution in [0, 0.1) is 5.92 Å². The molecule has 1 aliphatic carbocycles. The molecule has 0 N–H and O–H groups in total. The number of hydrogen-bond acceptors (Lipinski definition) is 4. The first-order valence-electron chi connectivity index (χ1n) is 6.96. The van der Waals surface area contributed by atoms with Gasteiger partial charge in [-0.2, -0.15) is 0 Å². The van der Waals surface area contributed by atoms with Gasteiger partial charge in [-0.3, -0.25) is 4.98 Å². The highest BCUT2D eigenvalue weighted by atomic mass is 16.5. The quantitative estimate of drug-likeness (QED) is 0.783. The summed E-state index contributed by atoms with van der Waals surface area (Å²) in [5, 5.41) is 0.892. The van der Waals surface area contributed by atoms with Crippen LogP contribution in [-0.4, -0.2) is 24.2 Å². The molecular formula is C16H17NO3. The first-order valence-corrected chi connectivity index (χ1v) is 6.96. The molecule has 1 saturated carbocycles. The fraction of sp³-hybridized carbons (Fsp3) is 0.375. The van der Waals surface area contributed by atoms with Crippen LogP contribution in [-0.2, 0) is 4.74 Å². The summed E-state index contributed by atoms with van der Waals surface area (Å²) in [6, 6.07) is 7.30. The normalized spacial score (nSPS) is 14.2. The van der Waals surface area contributed by atoms with Gasteiger partial charge in [-0.25, -0.2) is 4.79 Å². The Kier molecular flexibility index (Phi) is 3.54. The van der Waals surface area contributed by atoms with Gasteiger partial charge in [0.15, 0.2) is 0 Å². The van der Waals surface area contributed by atoms with Gasteiger partial charge in [0, 0.05) is 11.6 Å². The molecule has 1 fully saturated rings. The van der Waals surface area contributed by atoms with E-state index in [2.05, 4.69) is 4.98 Å². The maximum atomic E-state index is 11.9. The second-order valence-corrected chi connectivity index (χ2v) is 5.02. The van der Waals surface area contributed by atoms with E-state index in [9.17, 15) is 4.79 Å². The third-order valence-corrected chi connectivity index (χ3v) is 3.35. The number of hydrogen-bond donors (Lipinski definition) is 0. The summed E-state index contributed by atoms with van der Waals surface area (Å²) in [5.74, 6) is 0.993. The lowest BCUT2D eigenvalue weighted by atomic mass is 10.1. The number of esters is 1. The maximum Gasteiger partial charge on any atom is 0.338 e. The van der Waals surface area contributed by atoms with E-state index in [-0.39, 0.29) is 5.97 Å². The van der Waals surface area contributed by atoms with E-state index in [1.165, 1.54) is 12.8 Å². The molecule has 1 aromatic carbocycles. The number of benzene rings is 1. The van der Waals surface area contributed by atoms with Crippen LogP contribution in [0.1, 0.15) is 30.1 Å². The molecular weight excluding hydrogens is 254 g/mol. The topological polar surface area (TPSA) is 48.4 Å². The van der Waals surface area contributed by atoms with E-state index in [1.54, 1.807) is 25.3 Å². The molecule has 4 heteroatoms. The largest absolute Gasteiger partial charge is 0.491 e. The fourth-order valence-electron chi connectivity index (χ4n) is 2.09. The van der Waals surface area contributed by atoms with Crippen molar-refractivity contribution < 1.29 is 14.3 Å². The molecule has 0 unspecified atom stereocenters. The lowest BCUT2D eigenvalue weighted by molar-refractivity contribution is 0.0526. The summed E-state index contributed by atoms with van der Waals surface area (Å²) in [5.41, 5.74) is 1.30. The average Bonchev–Trinajstić information content (AvgIpc) is 3.29. The molecule has 0 aliphatic heterocycles. The molecule has 20 heavy (non-hydrogen) atoms. The van der Waals surface area contributed by atoms with Crippen molar-refractivity contribution in [1.82, 2.24) is 4.98 Å². The molecule has 0 spiro atoms. The second-order valence-electron chi connectivity index (χ2n) is 5.02. The number of carbonyl (C=O) groups excluding carboxylic acids is 1. The van der Waals surface area contributed by atoms with Gasteiger partial charge >= 0.3 is 5.97 Å². The van der Waals surface area contributed by atoms with Gasteiger partial charge in [-0.1, -0.05) is 6.07 Å². The molecule has 1 heterocycles. The Bertz CT molecular complexity index is 635. The Morgan fingerprint density at radius 2 is 2.25 bits per heavy atom. The van der Waals surface area contributed by atoms with E-state index in [4.69, 9.17) is 9.47 Å². The standard InChI is InChI=1S/C16H17NO3/c1-2-19-16(18)13-8-12-4-3-7-17-15(12)14(9-13)20-10-11-5-6-11/h3-4,7-9,11H,2,5-6,10H2,1H3. The van der Waals surface area contributed by atoms with Crippen molar-refractivity contribution in [3.05, 3.63) is 36.0 Å². The van der Waals surface area contributed by atoms with Crippen LogP contribution < -0.4 is 4.74 Å². The van der Waals surface area contributed by atoms with Crippen LogP contribution in [0.25, 0.3) is 10.9 Å². The molecule has 0 bridgehead atoms. The SMILES string of the molecule is CCOC(=O)c1cc(OCC2CC2)c2ncccc2c1. The van der Waals surface area contributed by atoms with Crippen molar-refractivity contribution in [2.24, 2.45) is 5.92 Å². The van der Waals surface area contributed by atoms with Crippen LogP contribution in [0.5, 0.6) is 5.75 Å². The van der Waals surface area contributed by atoms with Crippen molar-refractivity contribution in [2.75, 3.05) is 13.2 Å². The molecule has 0 radical (unpaired) electrons. The first kappa shape index (κ1) is 12.9. The van der Waals surface area contributed by atoms with Crippen molar-refractivity contribution in [2.45, 2.75) is 19.8 Å². The van der Waals surface area contributed by atoms with Crippen LogP contribution in [0.2, 0.25) is 0 Å². The number of fused-ring (bicyclic) bond motifs is 1. The van der Waals surface area contributed by atoms with Gasteiger partial charge in [0.25, 0.3) is 0 Å². The molecule has 0 saturated heterocycles. The van der Waals surface area contributed by atoms with Gasteiger partial charge in [-0.15, -0.1) is 0 Å². The summed E-state index contributed by atoms with van der Waals surface area (Å²) in [4.78, 5) is 16.2. The Hall–Kier alpha value is -2.10. The van der Waals surface area contributed by atoms with Crippen molar-refractivity contribution in [3.8, 4) is 5.75 Å².